The van der Waals surface area contributed by atoms with Crippen LogP contribution in [0.15, 0.2) is 11.6 Å². The second-order valence-corrected chi connectivity index (χ2v) is 11.1. The van der Waals surface area contributed by atoms with E-state index in [1.165, 1.54) is 5.57 Å². The van der Waals surface area contributed by atoms with Crippen molar-refractivity contribution in [3.63, 3.8) is 0 Å². The van der Waals surface area contributed by atoms with Crippen LogP contribution >= 0.6 is 0 Å². The molecular formula is C26H43N3O6. The van der Waals surface area contributed by atoms with Crippen LogP contribution < -0.4 is 16.0 Å². The molecule has 0 aromatic rings. The molecule has 2 amide bonds. The number of rotatable bonds is 9. The van der Waals surface area contributed by atoms with E-state index < -0.39 is 6.09 Å². The molecule has 2 saturated carbocycles. The fraction of sp³-hybridized carbons (Fsp3) is 0.846. The topological polar surface area (TPSA) is 114 Å². The average Bonchev–Trinajstić information content (AvgIpc) is 3.72. The molecule has 1 spiro atoms. The van der Waals surface area contributed by atoms with Gasteiger partial charge in [0.15, 0.2) is 0 Å². The zero-order chi connectivity index (χ0) is 25.2. The molecule has 0 aromatic carbocycles. The van der Waals surface area contributed by atoms with Gasteiger partial charge in [0.05, 0.1) is 25.2 Å². The number of hydrogen-bond donors (Lipinski definition) is 3. The molecular weight excluding hydrogens is 450 g/mol. The van der Waals surface area contributed by atoms with E-state index >= 15 is 0 Å². The van der Waals surface area contributed by atoms with Crippen LogP contribution in [-0.4, -0.2) is 80.9 Å². The van der Waals surface area contributed by atoms with Gasteiger partial charge in [-0.25, -0.2) is 4.79 Å². The van der Waals surface area contributed by atoms with Crippen molar-refractivity contribution in [3.8, 4) is 0 Å². The van der Waals surface area contributed by atoms with Crippen LogP contribution in [0.25, 0.3) is 0 Å². The Bertz CT molecular complexity index is 803. The lowest BCUT2D eigenvalue weighted by atomic mass is 9.68. The molecule has 3 N–H and O–H groups in total. The summed E-state index contributed by atoms with van der Waals surface area (Å²) in [6, 6.07) is 0.214. The highest BCUT2D eigenvalue weighted by Gasteiger charge is 2.72. The second-order valence-electron chi connectivity index (χ2n) is 11.1. The average molecular weight is 494 g/mol. The molecule has 0 radical (unpaired) electrons. The summed E-state index contributed by atoms with van der Waals surface area (Å²) in [5.41, 5.74) is 0.693. The summed E-state index contributed by atoms with van der Waals surface area (Å²) in [6.07, 6.45) is 7.04. The van der Waals surface area contributed by atoms with E-state index in [0.29, 0.717) is 19.6 Å². The van der Waals surface area contributed by atoms with Crippen molar-refractivity contribution < 1.29 is 28.5 Å². The third kappa shape index (κ3) is 6.01. The van der Waals surface area contributed by atoms with E-state index in [4.69, 9.17) is 18.9 Å². The molecule has 2 aliphatic carbocycles. The van der Waals surface area contributed by atoms with Crippen molar-refractivity contribution in [2.24, 2.45) is 5.92 Å². The maximum absolute atomic E-state index is 12.8. The third-order valence-corrected chi connectivity index (χ3v) is 8.25. The molecule has 9 heteroatoms. The highest BCUT2D eigenvalue weighted by molar-refractivity contribution is 5.78. The second kappa shape index (κ2) is 10.7. The first-order chi connectivity index (χ1) is 16.7. The first-order valence-electron chi connectivity index (χ1n) is 13.1. The number of allylic oxidation sites excluding steroid dienone is 1. The minimum atomic E-state index is -0.394. The molecule has 6 atom stereocenters. The summed E-state index contributed by atoms with van der Waals surface area (Å²) >= 11 is 0. The first-order valence-corrected chi connectivity index (χ1v) is 13.1. The van der Waals surface area contributed by atoms with Crippen molar-refractivity contribution >= 4 is 12.0 Å². The lowest BCUT2D eigenvalue weighted by Gasteiger charge is -2.42. The van der Waals surface area contributed by atoms with E-state index in [-0.39, 0.29) is 53.4 Å². The van der Waals surface area contributed by atoms with E-state index in [1.807, 2.05) is 0 Å². The third-order valence-electron chi connectivity index (χ3n) is 8.25. The molecule has 4 fully saturated rings. The SMILES string of the molecule is CNCC(=O)NC1CCC(NC(=O)O[C@H]2CC[C@]3(CO3)C([C@@]3(C)O[C@@H]3CC=C(C)C)C2OC)CC1. The van der Waals surface area contributed by atoms with Crippen LogP contribution in [0.3, 0.4) is 0 Å². The van der Waals surface area contributed by atoms with Gasteiger partial charge in [-0.1, -0.05) is 11.6 Å². The maximum atomic E-state index is 12.8. The zero-order valence-corrected chi connectivity index (χ0v) is 21.9. The van der Waals surface area contributed by atoms with Crippen molar-refractivity contribution in [2.75, 3.05) is 27.3 Å². The smallest absolute Gasteiger partial charge is 0.407 e. The predicted molar refractivity (Wildman–Crippen MR) is 131 cm³/mol. The molecule has 35 heavy (non-hydrogen) atoms. The van der Waals surface area contributed by atoms with Gasteiger partial charge in [-0.05, 0) is 72.8 Å². The molecule has 0 bridgehead atoms. The first kappa shape index (κ1) is 26.4. The Morgan fingerprint density at radius 1 is 1.09 bits per heavy atom. The number of alkyl carbamates (subject to hydrolysis) is 1. The van der Waals surface area contributed by atoms with Gasteiger partial charge in [-0.15, -0.1) is 0 Å². The normalized spacial score (nSPS) is 40.0. The van der Waals surface area contributed by atoms with Gasteiger partial charge in [-0.3, -0.25) is 4.79 Å². The molecule has 2 unspecified atom stereocenters. The summed E-state index contributed by atoms with van der Waals surface area (Å²) in [6.45, 7) is 7.36. The number of ether oxygens (including phenoxy) is 4. The Balaban J connectivity index is 1.30. The van der Waals surface area contributed by atoms with Crippen molar-refractivity contribution in [3.05, 3.63) is 11.6 Å². The van der Waals surface area contributed by atoms with E-state index in [0.717, 1.165) is 38.5 Å². The minimum Gasteiger partial charge on any atom is -0.443 e. The number of hydrogen-bond acceptors (Lipinski definition) is 7. The minimum absolute atomic E-state index is 0.00891. The fourth-order valence-electron chi connectivity index (χ4n) is 6.23. The van der Waals surface area contributed by atoms with Crippen LogP contribution in [0.1, 0.15) is 65.7 Å². The number of likely N-dealkylation sites (N-methyl/N-ethyl adjacent to an activating group) is 1. The number of methoxy groups -OCH3 is 1. The van der Waals surface area contributed by atoms with Crippen LogP contribution in [0.4, 0.5) is 4.79 Å². The molecule has 0 aromatic heterocycles. The molecule has 2 aliphatic heterocycles. The summed E-state index contributed by atoms with van der Waals surface area (Å²) in [7, 11) is 3.45. The Hall–Kier alpha value is -1.68. The summed E-state index contributed by atoms with van der Waals surface area (Å²) in [5, 5.41) is 8.95. The molecule has 4 rings (SSSR count). The van der Waals surface area contributed by atoms with Gasteiger partial charge in [0.2, 0.25) is 5.91 Å². The molecule has 198 valence electrons. The summed E-state index contributed by atoms with van der Waals surface area (Å²) in [5.74, 6) is 0.0217. The Morgan fingerprint density at radius 2 is 1.74 bits per heavy atom. The molecule has 2 saturated heterocycles. The fourth-order valence-corrected chi connectivity index (χ4v) is 6.23. The number of carbonyl (C=O) groups excluding carboxylic acids is 2. The van der Waals surface area contributed by atoms with Crippen LogP contribution in [0, 0.1) is 5.92 Å². The van der Waals surface area contributed by atoms with E-state index in [1.54, 1.807) is 14.2 Å². The Labute approximate surface area is 209 Å². The van der Waals surface area contributed by atoms with Gasteiger partial charge in [0.25, 0.3) is 0 Å². The van der Waals surface area contributed by atoms with Crippen LogP contribution in [0.5, 0.6) is 0 Å². The van der Waals surface area contributed by atoms with E-state index in [2.05, 4.69) is 42.8 Å². The molecule has 9 nitrogen and oxygen atoms in total. The molecule has 4 aliphatic rings. The lowest BCUT2D eigenvalue weighted by Crippen LogP contribution is -2.56. The van der Waals surface area contributed by atoms with Crippen LogP contribution in [0.2, 0.25) is 0 Å². The van der Waals surface area contributed by atoms with Gasteiger partial charge < -0.3 is 34.9 Å². The number of amides is 2. The van der Waals surface area contributed by atoms with Crippen molar-refractivity contribution in [2.45, 2.75) is 107 Å². The van der Waals surface area contributed by atoms with Gasteiger partial charge in [0, 0.05) is 19.2 Å². The number of carbonyl (C=O) groups is 2. The van der Waals surface area contributed by atoms with Crippen LogP contribution in [-0.2, 0) is 23.7 Å². The summed E-state index contributed by atoms with van der Waals surface area (Å²) in [4.78, 5) is 24.6. The Kier molecular flexibility index (Phi) is 8.10. The number of nitrogens with one attached hydrogen (secondary N) is 3. The highest BCUT2D eigenvalue weighted by atomic mass is 16.6. The highest BCUT2D eigenvalue weighted by Crippen LogP contribution is 2.59. The molecule has 2 heterocycles. The standard InChI is InChI=1S/C26H43N3O6/c1-16(2)6-11-20-25(3,35-20)23-22(32-5)19(12-13-26(23)15-33-26)34-24(31)29-18-9-7-17(8-10-18)28-21(30)14-27-4/h6,17-20,22-23,27H,7-15H2,1-5H3,(H,28,30)(H,29,31)/t17?,18?,19-,20+,22?,23?,25-,26-/m0/s1. The Morgan fingerprint density at radius 3 is 2.31 bits per heavy atom. The van der Waals surface area contributed by atoms with Crippen molar-refractivity contribution in [1.29, 1.82) is 0 Å². The van der Waals surface area contributed by atoms with Crippen molar-refractivity contribution in [1.82, 2.24) is 16.0 Å². The number of epoxide rings is 2. The zero-order valence-electron chi connectivity index (χ0n) is 21.9. The maximum Gasteiger partial charge on any atom is 0.407 e. The monoisotopic (exact) mass is 493 g/mol. The van der Waals surface area contributed by atoms with Gasteiger partial charge >= 0.3 is 6.09 Å². The van der Waals surface area contributed by atoms with Gasteiger partial charge in [0.1, 0.15) is 23.4 Å². The largest absolute Gasteiger partial charge is 0.443 e. The van der Waals surface area contributed by atoms with E-state index in [9.17, 15) is 9.59 Å². The summed E-state index contributed by atoms with van der Waals surface area (Å²) < 4.78 is 24.1. The lowest BCUT2D eigenvalue weighted by molar-refractivity contribution is -0.121. The predicted octanol–water partition coefficient (Wildman–Crippen LogP) is 2.44. The van der Waals surface area contributed by atoms with Gasteiger partial charge in [-0.2, -0.15) is 0 Å². The quantitative estimate of drug-likeness (QED) is 0.334.